The molecule has 1 fully saturated rings. The van der Waals surface area contributed by atoms with E-state index in [-0.39, 0.29) is 5.91 Å². The third-order valence-electron chi connectivity index (χ3n) is 5.58. The minimum atomic E-state index is -0.0751. The van der Waals surface area contributed by atoms with Crippen LogP contribution in [-0.2, 0) is 0 Å². The molecule has 5 heteroatoms. The van der Waals surface area contributed by atoms with E-state index in [1.807, 2.05) is 36.4 Å². The second-order valence-electron chi connectivity index (χ2n) is 7.35. The molecule has 1 saturated heterocycles. The van der Waals surface area contributed by atoms with Crippen molar-refractivity contribution in [2.24, 2.45) is 0 Å². The molecule has 2 aliphatic heterocycles. The quantitative estimate of drug-likeness (QED) is 0.505. The van der Waals surface area contributed by atoms with Crippen LogP contribution in [0.2, 0.25) is 0 Å². The molecule has 5 rings (SSSR count). The highest BCUT2D eigenvalue weighted by Gasteiger charge is 2.32. The molecule has 0 unspecified atom stereocenters. The van der Waals surface area contributed by atoms with E-state index in [9.17, 15) is 4.79 Å². The summed E-state index contributed by atoms with van der Waals surface area (Å²) < 4.78 is 7.96. The summed E-state index contributed by atoms with van der Waals surface area (Å²) in [6, 6.07) is 11.8. The summed E-state index contributed by atoms with van der Waals surface area (Å²) in [4.78, 5) is 19.9. The average molecular weight is 361 g/mol. The summed E-state index contributed by atoms with van der Waals surface area (Å²) in [5.74, 6) is 0.717. The number of hydrogen-bond donors (Lipinski definition) is 0. The van der Waals surface area contributed by atoms with E-state index < -0.39 is 0 Å². The number of pyridine rings is 1. The summed E-state index contributed by atoms with van der Waals surface area (Å²) in [6.07, 6.45) is 6.76. The van der Waals surface area contributed by atoms with Crippen molar-refractivity contribution in [1.82, 2.24) is 14.5 Å². The van der Waals surface area contributed by atoms with Crippen LogP contribution in [0.3, 0.4) is 0 Å². The van der Waals surface area contributed by atoms with Gasteiger partial charge >= 0.3 is 0 Å². The minimum Gasteiger partial charge on any atom is -0.492 e. The number of hydrogen-bond acceptors (Lipinski definition) is 4. The van der Waals surface area contributed by atoms with E-state index in [0.29, 0.717) is 12.3 Å². The number of carbonyl (C=O) groups is 1. The van der Waals surface area contributed by atoms with Gasteiger partial charge in [-0.2, -0.15) is 0 Å². The molecule has 1 aromatic carbocycles. The number of aromatic nitrogens is 2. The predicted octanol–water partition coefficient (Wildman–Crippen LogP) is 3.96. The van der Waals surface area contributed by atoms with Crippen molar-refractivity contribution >= 4 is 16.8 Å². The van der Waals surface area contributed by atoms with Crippen LogP contribution in [0, 0.1) is 0 Å². The zero-order valence-electron chi connectivity index (χ0n) is 15.4. The Morgan fingerprint density at radius 1 is 1.04 bits per heavy atom. The minimum absolute atomic E-state index is 0.0751. The van der Waals surface area contributed by atoms with Crippen LogP contribution in [0.5, 0.6) is 5.75 Å². The molecule has 0 atom stereocenters. The normalized spacial score (nSPS) is 16.5. The molecule has 4 heterocycles. The standard InChI is InChI=1S/C22H23N3O2/c26-22-20-19(18-10-6-14-25(18)22)21(16-8-2-3-9-17(16)23-20)27-15-7-13-24-11-4-1-5-12-24/h2-3,6,8-10,14H,1,4-5,7,11-13,15H2. The van der Waals surface area contributed by atoms with Gasteiger partial charge in [-0.3, -0.25) is 9.36 Å². The van der Waals surface area contributed by atoms with E-state index in [4.69, 9.17) is 4.74 Å². The van der Waals surface area contributed by atoms with Crippen molar-refractivity contribution in [2.45, 2.75) is 25.7 Å². The monoisotopic (exact) mass is 361 g/mol. The van der Waals surface area contributed by atoms with Crippen LogP contribution in [0.4, 0.5) is 0 Å². The van der Waals surface area contributed by atoms with Gasteiger partial charge in [0.25, 0.3) is 5.91 Å². The predicted molar refractivity (Wildman–Crippen MR) is 105 cm³/mol. The molecule has 138 valence electrons. The maximum absolute atomic E-state index is 12.7. The number of carbonyl (C=O) groups excluding carboxylic acids is 1. The van der Waals surface area contributed by atoms with E-state index >= 15 is 0 Å². The summed E-state index contributed by atoms with van der Waals surface area (Å²) >= 11 is 0. The first kappa shape index (κ1) is 16.5. The zero-order valence-corrected chi connectivity index (χ0v) is 15.4. The van der Waals surface area contributed by atoms with Crippen molar-refractivity contribution in [3.8, 4) is 17.0 Å². The van der Waals surface area contributed by atoms with Gasteiger partial charge in [0.2, 0.25) is 0 Å². The van der Waals surface area contributed by atoms with Gasteiger partial charge in [0, 0.05) is 18.1 Å². The van der Waals surface area contributed by atoms with Gasteiger partial charge in [-0.05, 0) is 56.6 Å². The molecule has 0 N–H and O–H groups in total. The molecule has 0 aliphatic carbocycles. The number of para-hydroxylation sites is 1. The summed E-state index contributed by atoms with van der Waals surface area (Å²) in [7, 11) is 0. The number of benzene rings is 1. The van der Waals surface area contributed by atoms with Gasteiger partial charge in [-0.1, -0.05) is 18.6 Å². The summed E-state index contributed by atoms with van der Waals surface area (Å²) in [5.41, 5.74) is 3.01. The number of nitrogens with zero attached hydrogens (tertiary/aromatic N) is 3. The van der Waals surface area contributed by atoms with E-state index in [2.05, 4.69) is 9.88 Å². The smallest absolute Gasteiger partial charge is 0.281 e. The molecule has 0 radical (unpaired) electrons. The van der Waals surface area contributed by atoms with Crippen LogP contribution < -0.4 is 4.74 Å². The van der Waals surface area contributed by atoms with Crippen molar-refractivity contribution in [3.63, 3.8) is 0 Å². The topological polar surface area (TPSA) is 47.4 Å². The van der Waals surface area contributed by atoms with Crippen molar-refractivity contribution in [2.75, 3.05) is 26.2 Å². The fourth-order valence-corrected chi connectivity index (χ4v) is 4.25. The van der Waals surface area contributed by atoms with Crippen molar-refractivity contribution < 1.29 is 9.53 Å². The van der Waals surface area contributed by atoms with Crippen LogP contribution in [0.1, 0.15) is 36.2 Å². The average Bonchev–Trinajstić information content (AvgIpc) is 3.28. The number of fused-ring (bicyclic) bond motifs is 4. The largest absolute Gasteiger partial charge is 0.492 e. The number of rotatable bonds is 5. The van der Waals surface area contributed by atoms with Gasteiger partial charge in [0.1, 0.15) is 11.4 Å². The molecular formula is C22H23N3O2. The summed E-state index contributed by atoms with van der Waals surface area (Å²) in [6.45, 7) is 4.12. The Morgan fingerprint density at radius 3 is 2.78 bits per heavy atom. The van der Waals surface area contributed by atoms with Crippen LogP contribution >= 0.6 is 0 Å². The lowest BCUT2D eigenvalue weighted by molar-refractivity contribution is 0.0965. The highest BCUT2D eigenvalue weighted by molar-refractivity contribution is 6.12. The van der Waals surface area contributed by atoms with Gasteiger partial charge < -0.3 is 9.64 Å². The highest BCUT2D eigenvalue weighted by Crippen LogP contribution is 2.42. The molecule has 0 bridgehead atoms. The lowest BCUT2D eigenvalue weighted by Gasteiger charge is -2.26. The Morgan fingerprint density at radius 2 is 1.89 bits per heavy atom. The third-order valence-corrected chi connectivity index (χ3v) is 5.58. The molecule has 0 saturated carbocycles. The van der Waals surface area contributed by atoms with Crippen molar-refractivity contribution in [1.29, 1.82) is 0 Å². The van der Waals surface area contributed by atoms with Crippen LogP contribution in [0.25, 0.3) is 22.2 Å². The zero-order chi connectivity index (χ0) is 18.2. The number of piperidine rings is 1. The van der Waals surface area contributed by atoms with Gasteiger partial charge in [-0.25, -0.2) is 4.98 Å². The van der Waals surface area contributed by atoms with Crippen molar-refractivity contribution in [3.05, 3.63) is 48.3 Å². The lowest BCUT2D eigenvalue weighted by atomic mass is 10.1. The Kier molecular flexibility index (Phi) is 4.17. The Hall–Kier alpha value is -2.66. The second kappa shape index (κ2) is 6.82. The molecule has 2 aliphatic rings. The second-order valence-corrected chi connectivity index (χ2v) is 7.35. The van der Waals surface area contributed by atoms with Gasteiger partial charge in [-0.15, -0.1) is 0 Å². The van der Waals surface area contributed by atoms with Gasteiger partial charge in [0.15, 0.2) is 0 Å². The fourth-order valence-electron chi connectivity index (χ4n) is 4.25. The molecule has 2 aromatic heterocycles. The maximum atomic E-state index is 12.7. The fraction of sp³-hybridized carbons (Fsp3) is 0.364. The first-order valence-corrected chi connectivity index (χ1v) is 9.83. The molecule has 5 nitrogen and oxygen atoms in total. The van der Waals surface area contributed by atoms with Gasteiger partial charge in [0.05, 0.1) is 23.4 Å². The first-order chi connectivity index (χ1) is 13.3. The van der Waals surface area contributed by atoms with E-state index in [1.54, 1.807) is 10.8 Å². The Labute approximate surface area is 158 Å². The first-order valence-electron chi connectivity index (χ1n) is 9.83. The lowest BCUT2D eigenvalue weighted by Crippen LogP contribution is -2.31. The van der Waals surface area contributed by atoms with E-state index in [0.717, 1.165) is 40.9 Å². The van der Waals surface area contributed by atoms with Crippen LogP contribution in [0.15, 0.2) is 42.6 Å². The SMILES string of the molecule is O=C1c2nc3ccccc3c(OCCCN3CCCCC3)c2-c2cccn21. The molecule has 0 amide bonds. The molecular weight excluding hydrogens is 338 g/mol. The number of ether oxygens (including phenoxy) is 1. The van der Waals surface area contributed by atoms with E-state index in [1.165, 1.54) is 32.4 Å². The third kappa shape index (κ3) is 2.82. The summed E-state index contributed by atoms with van der Waals surface area (Å²) in [5, 5.41) is 0.969. The Bertz CT molecular complexity index is 1000. The molecule has 27 heavy (non-hydrogen) atoms. The van der Waals surface area contributed by atoms with Crippen LogP contribution in [-0.4, -0.2) is 46.6 Å². The molecule has 0 spiro atoms. The maximum Gasteiger partial charge on any atom is 0.281 e. The molecule has 3 aromatic rings. The Balaban J connectivity index is 1.45. The highest BCUT2D eigenvalue weighted by atomic mass is 16.5. The number of likely N-dealkylation sites (tertiary alicyclic amines) is 1.